The van der Waals surface area contributed by atoms with E-state index in [1.54, 1.807) is 0 Å². The highest BCUT2D eigenvalue weighted by atomic mass is 35.5. The van der Waals surface area contributed by atoms with Crippen LogP contribution in [0.5, 0.6) is 0 Å². The van der Waals surface area contributed by atoms with E-state index in [2.05, 4.69) is 18.9 Å². The Balaban J connectivity index is 2.53. The fraction of sp³-hybridized carbons (Fsp3) is 0.357. The third kappa shape index (κ3) is 2.42. The molecule has 0 aliphatic heterocycles. The van der Waals surface area contributed by atoms with Crippen LogP contribution in [-0.2, 0) is 12.8 Å². The maximum Gasteiger partial charge on any atom is 0.0692 e. The molecule has 2 rings (SSSR count). The van der Waals surface area contributed by atoms with Gasteiger partial charge in [-0.1, -0.05) is 24.6 Å². The summed E-state index contributed by atoms with van der Waals surface area (Å²) in [6.07, 6.45) is 3.70. The average Bonchev–Trinajstić information content (AvgIpc) is 2.75. The number of aromatic nitrogens is 2. The minimum Gasteiger partial charge on any atom is -0.330 e. The molecule has 1 heterocycles. The van der Waals surface area contributed by atoms with Crippen LogP contribution in [0.1, 0.15) is 23.7 Å². The highest BCUT2D eigenvalue weighted by Crippen LogP contribution is 2.22. The summed E-state index contributed by atoms with van der Waals surface area (Å²) in [6, 6.07) is 5.87. The molecule has 1 aromatic carbocycles. The lowest BCUT2D eigenvalue weighted by Crippen LogP contribution is -2.07. The minimum atomic E-state index is 0.646. The number of aryl methyl sites for hydroxylation is 1. The maximum absolute atomic E-state index is 6.07. The van der Waals surface area contributed by atoms with Gasteiger partial charge in [0.05, 0.1) is 11.9 Å². The van der Waals surface area contributed by atoms with Crippen LogP contribution in [0.15, 0.2) is 24.4 Å². The lowest BCUT2D eigenvalue weighted by Gasteiger charge is -2.11. The second kappa shape index (κ2) is 5.55. The SMILES string of the molecule is CCc1c(CCN)cnn1-c1cc(Cl)ccc1C. The molecule has 4 heteroatoms. The number of rotatable bonds is 4. The van der Waals surface area contributed by atoms with Crippen molar-refractivity contribution in [2.75, 3.05) is 6.54 Å². The molecule has 0 unspecified atom stereocenters. The molecule has 1 aromatic heterocycles. The third-order valence-corrected chi connectivity index (χ3v) is 3.34. The van der Waals surface area contributed by atoms with Crippen molar-refractivity contribution in [3.8, 4) is 5.69 Å². The topological polar surface area (TPSA) is 43.8 Å². The van der Waals surface area contributed by atoms with Crippen LogP contribution in [0.25, 0.3) is 5.69 Å². The molecule has 0 amide bonds. The van der Waals surface area contributed by atoms with E-state index in [9.17, 15) is 0 Å². The molecule has 2 N–H and O–H groups in total. The van der Waals surface area contributed by atoms with Crippen LogP contribution in [0, 0.1) is 6.92 Å². The zero-order valence-electron chi connectivity index (χ0n) is 10.8. The van der Waals surface area contributed by atoms with Crippen LogP contribution in [0.4, 0.5) is 0 Å². The molecule has 3 nitrogen and oxygen atoms in total. The van der Waals surface area contributed by atoms with Gasteiger partial charge in [-0.2, -0.15) is 5.10 Å². The Labute approximate surface area is 113 Å². The molecular formula is C14H18ClN3. The van der Waals surface area contributed by atoms with E-state index in [0.29, 0.717) is 6.54 Å². The van der Waals surface area contributed by atoms with Crippen LogP contribution in [-0.4, -0.2) is 16.3 Å². The number of hydrogen-bond donors (Lipinski definition) is 1. The second-order valence-corrected chi connectivity index (χ2v) is 4.79. The summed E-state index contributed by atoms with van der Waals surface area (Å²) in [7, 11) is 0. The normalized spacial score (nSPS) is 10.9. The summed E-state index contributed by atoms with van der Waals surface area (Å²) in [5, 5.41) is 5.21. The summed E-state index contributed by atoms with van der Waals surface area (Å²) in [4.78, 5) is 0. The van der Waals surface area contributed by atoms with Gasteiger partial charge in [-0.05, 0) is 49.6 Å². The van der Waals surface area contributed by atoms with E-state index in [-0.39, 0.29) is 0 Å². The quantitative estimate of drug-likeness (QED) is 0.922. The molecule has 96 valence electrons. The number of benzene rings is 1. The molecule has 0 bridgehead atoms. The third-order valence-electron chi connectivity index (χ3n) is 3.10. The summed E-state index contributed by atoms with van der Waals surface area (Å²) in [6.45, 7) is 4.84. The molecule has 0 aliphatic carbocycles. The van der Waals surface area contributed by atoms with Crippen LogP contribution < -0.4 is 5.73 Å². The Morgan fingerprint density at radius 3 is 2.83 bits per heavy atom. The number of nitrogens with zero attached hydrogens (tertiary/aromatic N) is 2. The van der Waals surface area contributed by atoms with Gasteiger partial charge in [0, 0.05) is 10.7 Å². The lowest BCUT2D eigenvalue weighted by molar-refractivity contribution is 0.801. The van der Waals surface area contributed by atoms with Gasteiger partial charge >= 0.3 is 0 Å². The minimum absolute atomic E-state index is 0.646. The Kier molecular flexibility index (Phi) is 4.04. The molecule has 0 saturated heterocycles. The highest BCUT2D eigenvalue weighted by molar-refractivity contribution is 6.30. The Morgan fingerprint density at radius 1 is 1.39 bits per heavy atom. The highest BCUT2D eigenvalue weighted by Gasteiger charge is 2.12. The molecule has 18 heavy (non-hydrogen) atoms. The molecule has 0 atom stereocenters. The number of halogens is 1. The lowest BCUT2D eigenvalue weighted by atomic mass is 10.1. The maximum atomic E-state index is 6.07. The van der Waals surface area contributed by atoms with Crippen molar-refractivity contribution in [2.24, 2.45) is 5.73 Å². The van der Waals surface area contributed by atoms with Gasteiger partial charge in [-0.15, -0.1) is 0 Å². The molecule has 0 fully saturated rings. The van der Waals surface area contributed by atoms with Gasteiger partial charge in [0.1, 0.15) is 0 Å². The van der Waals surface area contributed by atoms with Gasteiger partial charge in [0.2, 0.25) is 0 Å². The predicted molar refractivity (Wildman–Crippen MR) is 75.4 cm³/mol. The Hall–Kier alpha value is -1.32. The van der Waals surface area contributed by atoms with Gasteiger partial charge in [-0.25, -0.2) is 4.68 Å². The predicted octanol–water partition coefficient (Wildman–Crippen LogP) is 2.90. The smallest absolute Gasteiger partial charge is 0.0692 e. The van der Waals surface area contributed by atoms with Gasteiger partial charge < -0.3 is 5.73 Å². The zero-order valence-corrected chi connectivity index (χ0v) is 11.5. The van der Waals surface area contributed by atoms with Crippen molar-refractivity contribution in [3.05, 3.63) is 46.2 Å². The first kappa shape index (κ1) is 13.1. The monoisotopic (exact) mass is 263 g/mol. The van der Waals surface area contributed by atoms with Crippen molar-refractivity contribution in [3.63, 3.8) is 0 Å². The molecule has 0 radical (unpaired) electrons. The second-order valence-electron chi connectivity index (χ2n) is 4.35. The Morgan fingerprint density at radius 2 is 2.17 bits per heavy atom. The number of nitrogens with two attached hydrogens (primary N) is 1. The van der Waals surface area contributed by atoms with Crippen molar-refractivity contribution in [1.82, 2.24) is 9.78 Å². The summed E-state index contributed by atoms with van der Waals surface area (Å²) in [5.74, 6) is 0. The largest absolute Gasteiger partial charge is 0.330 e. The van der Waals surface area contributed by atoms with Crippen molar-refractivity contribution in [2.45, 2.75) is 26.7 Å². The average molecular weight is 264 g/mol. The fourth-order valence-electron chi connectivity index (χ4n) is 2.17. The van der Waals surface area contributed by atoms with E-state index < -0.39 is 0 Å². The first-order valence-corrected chi connectivity index (χ1v) is 6.57. The first-order valence-electron chi connectivity index (χ1n) is 6.19. The van der Waals surface area contributed by atoms with Crippen molar-refractivity contribution < 1.29 is 0 Å². The molecule has 0 aliphatic rings. The van der Waals surface area contributed by atoms with E-state index in [4.69, 9.17) is 17.3 Å². The van der Waals surface area contributed by atoms with Crippen LogP contribution >= 0.6 is 11.6 Å². The van der Waals surface area contributed by atoms with E-state index in [1.807, 2.05) is 29.1 Å². The van der Waals surface area contributed by atoms with E-state index >= 15 is 0 Å². The van der Waals surface area contributed by atoms with Crippen LogP contribution in [0.2, 0.25) is 5.02 Å². The molecule has 0 spiro atoms. The summed E-state index contributed by atoms with van der Waals surface area (Å²) < 4.78 is 1.98. The summed E-state index contributed by atoms with van der Waals surface area (Å²) >= 11 is 6.07. The van der Waals surface area contributed by atoms with E-state index in [0.717, 1.165) is 29.1 Å². The fourth-order valence-corrected chi connectivity index (χ4v) is 2.33. The first-order chi connectivity index (χ1) is 8.67. The standard InChI is InChI=1S/C14H18ClN3/c1-3-13-11(6-7-16)9-17-18(13)14-8-12(15)5-4-10(14)2/h4-5,8-9H,3,6-7,16H2,1-2H3. The van der Waals surface area contributed by atoms with Crippen LogP contribution in [0.3, 0.4) is 0 Å². The Bertz CT molecular complexity index is 546. The van der Waals surface area contributed by atoms with Crippen molar-refractivity contribution >= 4 is 11.6 Å². The van der Waals surface area contributed by atoms with E-state index in [1.165, 1.54) is 11.3 Å². The van der Waals surface area contributed by atoms with Crippen molar-refractivity contribution in [1.29, 1.82) is 0 Å². The number of hydrogen-bond acceptors (Lipinski definition) is 2. The molecule has 2 aromatic rings. The van der Waals surface area contributed by atoms with Gasteiger partial charge in [0.15, 0.2) is 0 Å². The summed E-state index contributed by atoms with van der Waals surface area (Å²) in [5.41, 5.74) is 10.3. The molecule has 0 saturated carbocycles. The van der Waals surface area contributed by atoms with Gasteiger partial charge in [-0.3, -0.25) is 0 Å². The van der Waals surface area contributed by atoms with Gasteiger partial charge in [0.25, 0.3) is 0 Å². The molecular weight excluding hydrogens is 246 g/mol. The zero-order chi connectivity index (χ0) is 13.1.